The van der Waals surface area contributed by atoms with Crippen LogP contribution in [0.4, 0.5) is 17.1 Å². The summed E-state index contributed by atoms with van der Waals surface area (Å²) in [7, 11) is 0. The number of carbonyl (C=O) groups excluding carboxylic acids is 2. The van der Waals surface area contributed by atoms with E-state index >= 15 is 0 Å². The zero-order valence-electron chi connectivity index (χ0n) is 16.3. The standard InChI is InChI=1S/C24H21ClN2O2S/c25-14-5-15-30-18-12-10-17(11-13-18)16-23(28)27-21-8-3-1-6-19(21)24(29)26-20-7-2-4-9-22(20)27/h1-4,6-13H,5,14-16H2,(H,26,29). The van der Waals surface area contributed by atoms with Crippen molar-refractivity contribution >= 4 is 52.2 Å². The summed E-state index contributed by atoms with van der Waals surface area (Å²) < 4.78 is 0. The third kappa shape index (κ3) is 4.37. The minimum atomic E-state index is -0.216. The number of nitrogens with zero attached hydrogens (tertiary/aromatic N) is 1. The molecule has 30 heavy (non-hydrogen) atoms. The second-order valence-electron chi connectivity index (χ2n) is 6.93. The van der Waals surface area contributed by atoms with E-state index in [0.717, 1.165) is 22.6 Å². The van der Waals surface area contributed by atoms with Crippen LogP contribution >= 0.6 is 23.4 Å². The number of alkyl halides is 1. The maximum atomic E-state index is 13.4. The van der Waals surface area contributed by atoms with Crippen molar-refractivity contribution < 1.29 is 9.59 Å². The van der Waals surface area contributed by atoms with Crippen molar-refractivity contribution in [3.05, 3.63) is 83.9 Å². The van der Waals surface area contributed by atoms with Crippen LogP contribution in [0, 0.1) is 0 Å². The number of hydrogen-bond acceptors (Lipinski definition) is 3. The fraction of sp³-hybridized carbons (Fsp3) is 0.167. The Kier molecular flexibility index (Phi) is 6.41. The van der Waals surface area contributed by atoms with Crippen molar-refractivity contribution in [2.24, 2.45) is 0 Å². The topological polar surface area (TPSA) is 49.4 Å². The molecule has 0 bridgehead atoms. The first-order valence-electron chi connectivity index (χ1n) is 9.77. The van der Waals surface area contributed by atoms with Crippen LogP contribution in [0.15, 0.2) is 77.7 Å². The van der Waals surface area contributed by atoms with Crippen molar-refractivity contribution in [3.8, 4) is 0 Å². The van der Waals surface area contributed by atoms with E-state index < -0.39 is 0 Å². The zero-order chi connectivity index (χ0) is 20.9. The van der Waals surface area contributed by atoms with Gasteiger partial charge in [0.2, 0.25) is 5.91 Å². The molecular formula is C24H21ClN2O2S. The van der Waals surface area contributed by atoms with Gasteiger partial charge in [-0.25, -0.2) is 0 Å². The molecule has 0 atom stereocenters. The molecule has 0 saturated heterocycles. The van der Waals surface area contributed by atoms with Gasteiger partial charge in [0.15, 0.2) is 0 Å². The summed E-state index contributed by atoms with van der Waals surface area (Å²) >= 11 is 7.50. The molecule has 3 aromatic carbocycles. The Morgan fingerprint density at radius 2 is 1.63 bits per heavy atom. The Bertz CT molecular complexity index is 1070. The van der Waals surface area contributed by atoms with Gasteiger partial charge in [0, 0.05) is 10.8 Å². The number of rotatable bonds is 6. The number of nitrogens with one attached hydrogen (secondary N) is 1. The number of halogens is 1. The van der Waals surface area contributed by atoms with Gasteiger partial charge < -0.3 is 5.32 Å². The molecule has 1 aliphatic heterocycles. The summed E-state index contributed by atoms with van der Waals surface area (Å²) in [6.07, 6.45) is 1.20. The van der Waals surface area contributed by atoms with Crippen molar-refractivity contribution in [1.82, 2.24) is 0 Å². The molecule has 4 nitrogen and oxygen atoms in total. The van der Waals surface area contributed by atoms with E-state index in [1.165, 1.54) is 0 Å². The van der Waals surface area contributed by atoms with E-state index in [-0.39, 0.29) is 18.2 Å². The van der Waals surface area contributed by atoms with E-state index in [0.29, 0.717) is 28.5 Å². The predicted octanol–water partition coefficient (Wildman–Crippen LogP) is 5.88. The quantitative estimate of drug-likeness (QED) is 0.298. The Morgan fingerprint density at radius 1 is 0.933 bits per heavy atom. The maximum Gasteiger partial charge on any atom is 0.257 e. The number of carbonyl (C=O) groups is 2. The van der Waals surface area contributed by atoms with Crippen LogP contribution in [-0.2, 0) is 11.2 Å². The third-order valence-electron chi connectivity index (χ3n) is 4.86. The van der Waals surface area contributed by atoms with Crippen molar-refractivity contribution in [3.63, 3.8) is 0 Å². The lowest BCUT2D eigenvalue weighted by atomic mass is 10.1. The van der Waals surface area contributed by atoms with Gasteiger partial charge in [-0.3, -0.25) is 14.5 Å². The van der Waals surface area contributed by atoms with E-state index in [2.05, 4.69) is 5.32 Å². The lowest BCUT2D eigenvalue weighted by Crippen LogP contribution is -2.28. The molecule has 4 rings (SSSR count). The average molecular weight is 437 g/mol. The smallest absolute Gasteiger partial charge is 0.257 e. The Labute approximate surface area is 185 Å². The second kappa shape index (κ2) is 9.37. The predicted molar refractivity (Wildman–Crippen MR) is 124 cm³/mol. The molecular weight excluding hydrogens is 416 g/mol. The molecule has 0 unspecified atom stereocenters. The van der Waals surface area contributed by atoms with Crippen LogP contribution in [0.2, 0.25) is 0 Å². The van der Waals surface area contributed by atoms with E-state index in [1.807, 2.05) is 60.7 Å². The lowest BCUT2D eigenvalue weighted by molar-refractivity contribution is -0.117. The van der Waals surface area contributed by atoms with Crippen LogP contribution in [0.1, 0.15) is 22.3 Å². The number of hydrogen-bond donors (Lipinski definition) is 1. The molecule has 0 saturated carbocycles. The number of para-hydroxylation sites is 3. The normalized spacial score (nSPS) is 12.6. The number of amides is 2. The highest BCUT2D eigenvalue weighted by atomic mass is 35.5. The van der Waals surface area contributed by atoms with Crippen LogP contribution < -0.4 is 10.2 Å². The third-order valence-corrected chi connectivity index (χ3v) is 6.22. The average Bonchev–Trinajstić information content (AvgIpc) is 2.89. The minimum Gasteiger partial charge on any atom is -0.320 e. The van der Waals surface area contributed by atoms with Gasteiger partial charge in [-0.15, -0.1) is 23.4 Å². The largest absolute Gasteiger partial charge is 0.320 e. The summed E-state index contributed by atoms with van der Waals surface area (Å²) in [6, 6.07) is 22.6. The molecule has 6 heteroatoms. The number of anilines is 3. The van der Waals surface area contributed by atoms with Gasteiger partial charge in [-0.05, 0) is 54.1 Å². The van der Waals surface area contributed by atoms with Crippen LogP contribution in [-0.4, -0.2) is 23.4 Å². The molecule has 1 aliphatic rings. The molecule has 2 amide bonds. The summed E-state index contributed by atoms with van der Waals surface area (Å²) in [5, 5.41) is 2.91. The van der Waals surface area contributed by atoms with Gasteiger partial charge in [0.1, 0.15) is 0 Å². The fourth-order valence-corrected chi connectivity index (χ4v) is 4.57. The molecule has 1 N–H and O–H groups in total. The van der Waals surface area contributed by atoms with Crippen LogP contribution in [0.5, 0.6) is 0 Å². The lowest BCUT2D eigenvalue weighted by Gasteiger charge is -2.24. The minimum absolute atomic E-state index is 0.0889. The highest BCUT2D eigenvalue weighted by molar-refractivity contribution is 7.99. The summed E-state index contributed by atoms with van der Waals surface area (Å²) in [6.45, 7) is 0. The summed E-state index contributed by atoms with van der Waals surface area (Å²) in [5.74, 6) is 1.33. The molecule has 0 aliphatic carbocycles. The zero-order valence-corrected chi connectivity index (χ0v) is 17.9. The number of thioether (sulfide) groups is 1. The first kappa shape index (κ1) is 20.5. The van der Waals surface area contributed by atoms with E-state index in [9.17, 15) is 9.59 Å². The van der Waals surface area contributed by atoms with Crippen LogP contribution in [0.3, 0.4) is 0 Å². The Hall–Kier alpha value is -2.76. The second-order valence-corrected chi connectivity index (χ2v) is 8.48. The Morgan fingerprint density at radius 3 is 2.40 bits per heavy atom. The highest BCUT2D eigenvalue weighted by Gasteiger charge is 2.28. The fourth-order valence-electron chi connectivity index (χ4n) is 3.42. The highest BCUT2D eigenvalue weighted by Crippen LogP contribution is 2.38. The van der Waals surface area contributed by atoms with Crippen molar-refractivity contribution in [2.45, 2.75) is 17.7 Å². The van der Waals surface area contributed by atoms with E-state index in [1.54, 1.807) is 28.8 Å². The van der Waals surface area contributed by atoms with Gasteiger partial charge in [-0.2, -0.15) is 0 Å². The molecule has 1 heterocycles. The molecule has 0 radical (unpaired) electrons. The summed E-state index contributed by atoms with van der Waals surface area (Å²) in [5.41, 5.74) is 3.30. The van der Waals surface area contributed by atoms with Crippen molar-refractivity contribution in [2.75, 3.05) is 21.8 Å². The SMILES string of the molecule is O=C1Nc2ccccc2N(C(=O)Cc2ccc(SCCCCl)cc2)c2ccccc21. The first-order valence-corrected chi connectivity index (χ1v) is 11.3. The van der Waals surface area contributed by atoms with E-state index in [4.69, 9.17) is 11.6 Å². The van der Waals surface area contributed by atoms with Gasteiger partial charge in [0.25, 0.3) is 5.91 Å². The molecule has 0 fully saturated rings. The molecule has 0 spiro atoms. The molecule has 152 valence electrons. The van der Waals surface area contributed by atoms with Gasteiger partial charge >= 0.3 is 0 Å². The maximum absolute atomic E-state index is 13.4. The Balaban J connectivity index is 1.62. The first-order chi connectivity index (χ1) is 14.7. The summed E-state index contributed by atoms with van der Waals surface area (Å²) in [4.78, 5) is 28.9. The number of benzene rings is 3. The van der Waals surface area contributed by atoms with Gasteiger partial charge in [0.05, 0.1) is 29.0 Å². The molecule has 3 aromatic rings. The van der Waals surface area contributed by atoms with Crippen LogP contribution in [0.25, 0.3) is 0 Å². The van der Waals surface area contributed by atoms with Gasteiger partial charge in [-0.1, -0.05) is 36.4 Å². The molecule has 0 aromatic heterocycles. The number of fused-ring (bicyclic) bond motifs is 2. The monoisotopic (exact) mass is 436 g/mol. The van der Waals surface area contributed by atoms with Crippen molar-refractivity contribution in [1.29, 1.82) is 0 Å².